The molecule has 0 saturated heterocycles. The van der Waals surface area contributed by atoms with Crippen LogP contribution in [-0.2, 0) is 4.79 Å². The molecule has 0 spiro atoms. The molecule has 1 saturated carbocycles. The zero-order valence-electron chi connectivity index (χ0n) is 8.05. The molecule has 1 atom stereocenters. The highest BCUT2D eigenvalue weighted by molar-refractivity contribution is 8.01. The average Bonchev–Trinajstić information content (AvgIpc) is 2.87. The summed E-state index contributed by atoms with van der Waals surface area (Å²) < 4.78 is 0.929. The predicted octanol–water partition coefficient (Wildman–Crippen LogP) is 1.44. The molecule has 2 N–H and O–H groups in total. The minimum Gasteiger partial charge on any atom is -0.480 e. The maximum absolute atomic E-state index is 10.9. The molecule has 6 heteroatoms. The number of carbonyl (C=O) groups is 1. The lowest BCUT2D eigenvalue weighted by atomic mass is 10.3. The van der Waals surface area contributed by atoms with Gasteiger partial charge in [-0.2, -0.15) is 0 Å². The van der Waals surface area contributed by atoms with Crippen molar-refractivity contribution in [1.29, 1.82) is 0 Å². The number of rotatable bonds is 6. The quantitative estimate of drug-likeness (QED) is 0.741. The lowest BCUT2D eigenvalue weighted by Crippen LogP contribution is -2.40. The minimum atomic E-state index is -0.772. The van der Waals surface area contributed by atoms with Gasteiger partial charge < -0.3 is 10.4 Å². The molecule has 15 heavy (non-hydrogen) atoms. The zero-order valence-corrected chi connectivity index (χ0v) is 9.68. The number of nitrogens with one attached hydrogen (secondary N) is 1. The Morgan fingerprint density at radius 3 is 3.13 bits per heavy atom. The summed E-state index contributed by atoms with van der Waals surface area (Å²) in [7, 11) is 0. The summed E-state index contributed by atoms with van der Waals surface area (Å²) in [6.07, 6.45) is 3.94. The standard InChI is InChI=1S/C9H12N2O2S2/c12-8(13)7(11-6-1-2-6)5-15-9-10-3-4-14-9/h3-4,6-7,11H,1-2,5H2,(H,12,13). The van der Waals surface area contributed by atoms with Crippen molar-refractivity contribution in [2.75, 3.05) is 5.75 Å². The van der Waals surface area contributed by atoms with E-state index in [2.05, 4.69) is 10.3 Å². The van der Waals surface area contributed by atoms with Crippen molar-refractivity contribution in [1.82, 2.24) is 10.3 Å². The third kappa shape index (κ3) is 3.48. The topological polar surface area (TPSA) is 62.2 Å². The molecule has 1 aromatic heterocycles. The zero-order chi connectivity index (χ0) is 10.7. The largest absolute Gasteiger partial charge is 0.480 e. The van der Waals surface area contributed by atoms with Gasteiger partial charge in [0.25, 0.3) is 0 Å². The van der Waals surface area contributed by atoms with E-state index in [9.17, 15) is 4.79 Å². The van der Waals surface area contributed by atoms with E-state index >= 15 is 0 Å². The van der Waals surface area contributed by atoms with Crippen molar-refractivity contribution in [2.45, 2.75) is 29.3 Å². The number of aliphatic carboxylic acids is 1. The molecular formula is C9H12N2O2S2. The normalized spacial score (nSPS) is 17.6. The Kier molecular flexibility index (Phi) is 3.61. The minimum absolute atomic E-state index is 0.419. The van der Waals surface area contributed by atoms with Gasteiger partial charge in [0.2, 0.25) is 0 Å². The van der Waals surface area contributed by atoms with Crippen molar-refractivity contribution in [2.24, 2.45) is 0 Å². The lowest BCUT2D eigenvalue weighted by molar-refractivity contribution is -0.138. The van der Waals surface area contributed by atoms with Crippen molar-refractivity contribution in [3.63, 3.8) is 0 Å². The first-order valence-corrected chi connectivity index (χ1v) is 6.63. The fourth-order valence-electron chi connectivity index (χ4n) is 1.16. The summed E-state index contributed by atoms with van der Waals surface area (Å²) in [6, 6.07) is -0.0330. The first-order valence-electron chi connectivity index (χ1n) is 4.77. The van der Waals surface area contributed by atoms with Crippen LogP contribution >= 0.6 is 23.1 Å². The van der Waals surface area contributed by atoms with Gasteiger partial charge in [0.15, 0.2) is 0 Å². The van der Waals surface area contributed by atoms with E-state index in [0.717, 1.165) is 17.2 Å². The number of carboxylic acid groups (broad SMARTS) is 1. The van der Waals surface area contributed by atoms with Crippen LogP contribution in [0.4, 0.5) is 0 Å². The Hall–Kier alpha value is -0.590. The molecule has 0 radical (unpaired) electrons. The van der Waals surface area contributed by atoms with Gasteiger partial charge in [0.1, 0.15) is 10.4 Å². The monoisotopic (exact) mass is 244 g/mol. The smallest absolute Gasteiger partial charge is 0.321 e. The summed E-state index contributed by atoms with van der Waals surface area (Å²) >= 11 is 3.04. The highest BCUT2D eigenvalue weighted by Gasteiger charge is 2.28. The van der Waals surface area contributed by atoms with Crippen LogP contribution in [-0.4, -0.2) is 33.9 Å². The van der Waals surface area contributed by atoms with Gasteiger partial charge >= 0.3 is 5.97 Å². The first kappa shape index (κ1) is 10.9. The maximum atomic E-state index is 10.9. The Morgan fingerprint density at radius 1 is 1.80 bits per heavy atom. The van der Waals surface area contributed by atoms with Gasteiger partial charge in [-0.05, 0) is 12.8 Å². The maximum Gasteiger partial charge on any atom is 0.321 e. The first-order chi connectivity index (χ1) is 7.25. The number of thioether (sulfide) groups is 1. The van der Waals surface area contributed by atoms with E-state index in [0.29, 0.717) is 11.8 Å². The van der Waals surface area contributed by atoms with Crippen LogP contribution in [0, 0.1) is 0 Å². The molecule has 0 aromatic carbocycles. The Labute approximate surface area is 96.1 Å². The van der Waals surface area contributed by atoms with Crippen molar-refractivity contribution < 1.29 is 9.90 Å². The summed E-state index contributed by atoms with van der Waals surface area (Å²) in [6.45, 7) is 0. The number of hydrogen-bond acceptors (Lipinski definition) is 5. The second-order valence-corrected chi connectivity index (χ2v) is 5.60. The highest BCUT2D eigenvalue weighted by atomic mass is 32.2. The average molecular weight is 244 g/mol. The molecule has 0 bridgehead atoms. The van der Waals surface area contributed by atoms with Gasteiger partial charge in [-0.3, -0.25) is 4.79 Å². The van der Waals surface area contributed by atoms with E-state index in [4.69, 9.17) is 5.11 Å². The number of aromatic nitrogens is 1. The van der Waals surface area contributed by atoms with Gasteiger partial charge in [-0.15, -0.1) is 11.3 Å². The summed E-state index contributed by atoms with van der Waals surface area (Å²) in [5.74, 6) is -0.231. The third-order valence-corrected chi connectivity index (χ3v) is 4.15. The van der Waals surface area contributed by atoms with Crippen molar-refractivity contribution >= 4 is 29.1 Å². The van der Waals surface area contributed by atoms with Crippen LogP contribution in [0.1, 0.15) is 12.8 Å². The van der Waals surface area contributed by atoms with E-state index in [1.807, 2.05) is 5.38 Å². The van der Waals surface area contributed by atoms with Crippen LogP contribution in [0.3, 0.4) is 0 Å². The Bertz CT molecular complexity index is 325. The fraction of sp³-hybridized carbons (Fsp3) is 0.556. The van der Waals surface area contributed by atoms with Crippen molar-refractivity contribution in [3.8, 4) is 0 Å². The summed E-state index contributed by atoms with van der Waals surface area (Å²) in [4.78, 5) is 15.0. The summed E-state index contributed by atoms with van der Waals surface area (Å²) in [5, 5.41) is 14.0. The molecule has 1 aliphatic rings. The molecular weight excluding hydrogens is 232 g/mol. The Morgan fingerprint density at radius 2 is 2.60 bits per heavy atom. The van der Waals surface area contributed by atoms with Crippen LogP contribution in [0.2, 0.25) is 0 Å². The third-order valence-electron chi connectivity index (χ3n) is 2.10. The Balaban J connectivity index is 1.80. The van der Waals surface area contributed by atoms with E-state index in [-0.39, 0.29) is 0 Å². The molecule has 0 amide bonds. The van der Waals surface area contributed by atoms with E-state index in [1.165, 1.54) is 11.8 Å². The molecule has 82 valence electrons. The van der Waals surface area contributed by atoms with Crippen LogP contribution in [0.15, 0.2) is 15.9 Å². The molecule has 4 nitrogen and oxygen atoms in total. The van der Waals surface area contributed by atoms with E-state index < -0.39 is 12.0 Å². The lowest BCUT2D eigenvalue weighted by Gasteiger charge is -2.12. The van der Waals surface area contributed by atoms with Crippen LogP contribution in [0.5, 0.6) is 0 Å². The van der Waals surface area contributed by atoms with Crippen molar-refractivity contribution in [3.05, 3.63) is 11.6 Å². The van der Waals surface area contributed by atoms with Gasteiger partial charge in [0.05, 0.1) is 0 Å². The molecule has 1 aliphatic carbocycles. The predicted molar refractivity (Wildman–Crippen MR) is 60.4 cm³/mol. The number of hydrogen-bond donors (Lipinski definition) is 2. The summed E-state index contributed by atoms with van der Waals surface area (Å²) in [5.41, 5.74) is 0. The second kappa shape index (κ2) is 4.96. The fourth-order valence-corrected chi connectivity index (χ4v) is 2.85. The van der Waals surface area contributed by atoms with Gasteiger partial charge in [0, 0.05) is 23.4 Å². The van der Waals surface area contributed by atoms with Crippen LogP contribution in [0.25, 0.3) is 0 Å². The molecule has 1 heterocycles. The molecule has 1 fully saturated rings. The van der Waals surface area contributed by atoms with Gasteiger partial charge in [-0.1, -0.05) is 11.8 Å². The molecule has 1 unspecified atom stereocenters. The van der Waals surface area contributed by atoms with E-state index in [1.54, 1.807) is 17.5 Å². The number of nitrogens with zero attached hydrogens (tertiary/aromatic N) is 1. The molecule has 0 aliphatic heterocycles. The van der Waals surface area contributed by atoms with Crippen LogP contribution < -0.4 is 5.32 Å². The molecule has 2 rings (SSSR count). The second-order valence-electron chi connectivity index (χ2n) is 3.44. The SMILES string of the molecule is O=C(O)C(CSc1nccs1)NC1CC1. The number of carboxylic acids is 1. The van der Waals surface area contributed by atoms with Gasteiger partial charge in [-0.25, -0.2) is 4.98 Å². The highest BCUT2D eigenvalue weighted by Crippen LogP contribution is 2.23. The number of thiazole rings is 1. The molecule has 1 aromatic rings.